The van der Waals surface area contributed by atoms with Gasteiger partial charge in [0, 0.05) is 11.3 Å². The summed E-state index contributed by atoms with van der Waals surface area (Å²) in [5.41, 5.74) is 3.65. The Hall–Kier alpha value is -2.62. The third kappa shape index (κ3) is 1.30. The van der Waals surface area contributed by atoms with Gasteiger partial charge in [0.2, 0.25) is 5.78 Å². The number of fused-ring (bicyclic) bond motifs is 4. The summed E-state index contributed by atoms with van der Waals surface area (Å²) in [4.78, 5) is 26.6. The number of ketones is 1. The Balaban J connectivity index is 1.92. The van der Waals surface area contributed by atoms with Crippen molar-refractivity contribution < 1.29 is 9.59 Å². The second-order valence-corrected chi connectivity index (χ2v) is 5.15. The van der Waals surface area contributed by atoms with Crippen molar-refractivity contribution in [3.05, 3.63) is 59.2 Å². The monoisotopic (exact) mass is 264 g/mol. The van der Waals surface area contributed by atoms with E-state index in [4.69, 9.17) is 0 Å². The Morgan fingerprint density at radius 2 is 1.85 bits per heavy atom. The van der Waals surface area contributed by atoms with Crippen molar-refractivity contribution in [2.75, 3.05) is 10.2 Å². The van der Waals surface area contributed by atoms with Gasteiger partial charge in [-0.2, -0.15) is 0 Å². The third-order valence-electron chi connectivity index (χ3n) is 3.85. The fourth-order valence-corrected chi connectivity index (χ4v) is 2.89. The maximum absolute atomic E-state index is 12.7. The van der Waals surface area contributed by atoms with Gasteiger partial charge >= 0.3 is 0 Å². The van der Waals surface area contributed by atoms with Gasteiger partial charge in [0.05, 0.1) is 11.3 Å². The van der Waals surface area contributed by atoms with Crippen LogP contribution in [0.2, 0.25) is 0 Å². The van der Waals surface area contributed by atoms with Crippen LogP contribution in [0.5, 0.6) is 0 Å². The van der Waals surface area contributed by atoms with Crippen molar-refractivity contribution in [2.45, 2.75) is 13.1 Å². The molecule has 20 heavy (non-hydrogen) atoms. The predicted molar refractivity (Wildman–Crippen MR) is 76.2 cm³/mol. The molecule has 4 nitrogen and oxygen atoms in total. The van der Waals surface area contributed by atoms with E-state index in [9.17, 15) is 9.59 Å². The van der Waals surface area contributed by atoms with Crippen LogP contribution in [-0.2, 0) is 0 Å². The number of benzene rings is 2. The first-order valence-electron chi connectivity index (χ1n) is 6.51. The molecule has 1 N–H and O–H groups in total. The Morgan fingerprint density at radius 3 is 2.70 bits per heavy atom. The molecule has 2 aliphatic rings. The minimum Gasteiger partial charge on any atom is -0.358 e. The third-order valence-corrected chi connectivity index (χ3v) is 3.85. The molecule has 0 spiro atoms. The lowest BCUT2D eigenvalue weighted by molar-refractivity contribution is 0.0918. The Labute approximate surface area is 116 Å². The van der Waals surface area contributed by atoms with Crippen molar-refractivity contribution in [1.29, 1.82) is 0 Å². The zero-order valence-electron chi connectivity index (χ0n) is 10.9. The van der Waals surface area contributed by atoms with E-state index in [1.54, 1.807) is 11.0 Å². The first-order valence-corrected chi connectivity index (χ1v) is 6.51. The number of amides is 1. The molecule has 2 aromatic carbocycles. The normalized spacial score (nSPS) is 19.2. The Bertz CT molecular complexity index is 767. The summed E-state index contributed by atoms with van der Waals surface area (Å²) >= 11 is 0. The highest BCUT2D eigenvalue weighted by Crippen LogP contribution is 2.38. The van der Waals surface area contributed by atoms with Crippen LogP contribution < -0.4 is 10.2 Å². The topological polar surface area (TPSA) is 49.4 Å². The summed E-state index contributed by atoms with van der Waals surface area (Å²) in [7, 11) is 0. The average Bonchev–Trinajstić information content (AvgIpc) is 2.74. The number of Topliss-reactive ketones (excluding diaryl/α,β-unsaturated/α-hetero) is 1. The van der Waals surface area contributed by atoms with Gasteiger partial charge in [0.25, 0.3) is 5.91 Å². The van der Waals surface area contributed by atoms with E-state index < -0.39 is 6.17 Å². The lowest BCUT2D eigenvalue weighted by Gasteiger charge is -2.32. The van der Waals surface area contributed by atoms with Crippen molar-refractivity contribution in [1.82, 2.24) is 0 Å². The standard InChI is InChI=1S/C16H12N2O2/c1-9-6-7-12-11(8-9)16(20)18-13-5-3-2-4-10(13)14(19)15(18)17-12/h2-8,15,17H,1H3. The molecule has 0 saturated carbocycles. The SMILES string of the molecule is Cc1ccc2c(c1)C(=O)N1c3ccccc3C(=O)C1N2. The van der Waals surface area contributed by atoms with E-state index in [1.165, 1.54) is 0 Å². The molecule has 4 heteroatoms. The summed E-state index contributed by atoms with van der Waals surface area (Å²) in [5.74, 6) is -0.175. The number of rotatable bonds is 0. The largest absolute Gasteiger partial charge is 0.358 e. The van der Waals surface area contributed by atoms with Crippen LogP contribution in [0.3, 0.4) is 0 Å². The average molecular weight is 264 g/mol. The van der Waals surface area contributed by atoms with E-state index >= 15 is 0 Å². The van der Waals surface area contributed by atoms with Gasteiger partial charge in [-0.1, -0.05) is 23.8 Å². The molecule has 2 aromatic rings. The van der Waals surface area contributed by atoms with E-state index in [0.717, 1.165) is 11.3 Å². The van der Waals surface area contributed by atoms with Gasteiger partial charge in [-0.3, -0.25) is 14.5 Å². The van der Waals surface area contributed by atoms with Gasteiger partial charge < -0.3 is 5.32 Å². The van der Waals surface area contributed by atoms with Crippen molar-refractivity contribution in [2.24, 2.45) is 0 Å². The highest BCUT2D eigenvalue weighted by molar-refractivity contribution is 6.24. The number of carbonyl (C=O) groups is 2. The molecule has 98 valence electrons. The van der Waals surface area contributed by atoms with Gasteiger partial charge in [-0.25, -0.2) is 0 Å². The molecule has 0 saturated heterocycles. The molecular weight excluding hydrogens is 252 g/mol. The number of aryl methyl sites for hydroxylation is 1. The van der Waals surface area contributed by atoms with Gasteiger partial charge in [0.1, 0.15) is 0 Å². The van der Waals surface area contributed by atoms with Crippen LogP contribution in [0.1, 0.15) is 26.3 Å². The zero-order valence-corrected chi connectivity index (χ0v) is 10.9. The Kier molecular flexibility index (Phi) is 2.07. The fraction of sp³-hybridized carbons (Fsp3) is 0.125. The molecule has 2 heterocycles. The lowest BCUT2D eigenvalue weighted by atomic mass is 10.0. The van der Waals surface area contributed by atoms with E-state index in [0.29, 0.717) is 16.8 Å². The molecule has 2 aliphatic heterocycles. The smallest absolute Gasteiger partial charge is 0.262 e. The fourth-order valence-electron chi connectivity index (χ4n) is 2.89. The first kappa shape index (κ1) is 11.2. The molecular formula is C16H12N2O2. The van der Waals surface area contributed by atoms with Gasteiger partial charge in [-0.05, 0) is 31.2 Å². The summed E-state index contributed by atoms with van der Waals surface area (Å²) < 4.78 is 0. The van der Waals surface area contributed by atoms with Crippen LogP contribution in [-0.4, -0.2) is 17.9 Å². The maximum Gasteiger partial charge on any atom is 0.262 e. The zero-order chi connectivity index (χ0) is 13.9. The highest BCUT2D eigenvalue weighted by Gasteiger charge is 2.44. The molecule has 1 unspecified atom stereocenters. The van der Waals surface area contributed by atoms with E-state index in [-0.39, 0.29) is 11.7 Å². The molecule has 0 fully saturated rings. The van der Waals surface area contributed by atoms with Crippen LogP contribution in [0, 0.1) is 6.92 Å². The number of carbonyl (C=O) groups excluding carboxylic acids is 2. The maximum atomic E-state index is 12.7. The minimum atomic E-state index is -0.616. The molecule has 1 atom stereocenters. The second kappa shape index (κ2) is 3.70. The number of anilines is 2. The van der Waals surface area contributed by atoms with Crippen LogP contribution in [0.15, 0.2) is 42.5 Å². The second-order valence-electron chi connectivity index (χ2n) is 5.15. The Morgan fingerprint density at radius 1 is 1.05 bits per heavy atom. The number of hydrogen-bond donors (Lipinski definition) is 1. The van der Waals surface area contributed by atoms with Crippen LogP contribution in [0.25, 0.3) is 0 Å². The molecule has 0 radical (unpaired) electrons. The molecule has 4 rings (SSSR count). The summed E-state index contributed by atoms with van der Waals surface area (Å²) in [6, 6.07) is 12.9. The molecule has 0 aliphatic carbocycles. The van der Waals surface area contributed by atoms with Gasteiger partial charge in [0.15, 0.2) is 6.17 Å². The number of nitrogens with one attached hydrogen (secondary N) is 1. The molecule has 0 aromatic heterocycles. The summed E-state index contributed by atoms with van der Waals surface area (Å²) in [6.07, 6.45) is -0.616. The van der Waals surface area contributed by atoms with Crippen LogP contribution in [0.4, 0.5) is 11.4 Å². The number of para-hydroxylation sites is 1. The van der Waals surface area contributed by atoms with E-state index in [2.05, 4.69) is 5.32 Å². The summed E-state index contributed by atoms with van der Waals surface area (Å²) in [5, 5.41) is 3.17. The summed E-state index contributed by atoms with van der Waals surface area (Å²) in [6.45, 7) is 1.95. The van der Waals surface area contributed by atoms with Gasteiger partial charge in [-0.15, -0.1) is 0 Å². The van der Waals surface area contributed by atoms with Crippen molar-refractivity contribution in [3.63, 3.8) is 0 Å². The number of hydrogen-bond acceptors (Lipinski definition) is 3. The highest BCUT2D eigenvalue weighted by atomic mass is 16.2. The minimum absolute atomic E-state index is 0.0554. The number of nitrogens with zero attached hydrogens (tertiary/aromatic N) is 1. The quantitative estimate of drug-likeness (QED) is 0.795. The van der Waals surface area contributed by atoms with E-state index in [1.807, 2.05) is 43.3 Å². The molecule has 0 bridgehead atoms. The predicted octanol–water partition coefficient (Wildman–Crippen LogP) is 2.59. The first-order chi connectivity index (χ1) is 9.66. The molecule has 1 amide bonds. The van der Waals surface area contributed by atoms with Crippen molar-refractivity contribution >= 4 is 23.1 Å². The lowest BCUT2D eigenvalue weighted by Crippen LogP contribution is -2.49. The van der Waals surface area contributed by atoms with Crippen LogP contribution >= 0.6 is 0 Å². The van der Waals surface area contributed by atoms with Crippen molar-refractivity contribution in [3.8, 4) is 0 Å².